The first-order chi connectivity index (χ1) is 21.4. The largest absolute Gasteiger partial charge is 0.497 e. The van der Waals surface area contributed by atoms with Gasteiger partial charge in [0.2, 0.25) is 0 Å². The van der Waals surface area contributed by atoms with Crippen LogP contribution in [0.25, 0.3) is 33.3 Å². The smallest absolute Gasteiger partial charge is 0.138 e. The molecular weight excluding hydrogens is 610 g/mol. The zero-order valence-electron chi connectivity index (χ0n) is 26.9. The fraction of sp³-hybridized carbons (Fsp3) is 0.324. The SMILES string of the molecule is COc1ccc(CNc2cnnc3cc(-c4cc(Cl)c(OC)cc4-c4cn(COCC[SH](C)(C)(C)C)cn4)ccc23)c(OC)c1. The maximum absolute atomic E-state index is 6.64. The highest BCUT2D eigenvalue weighted by Gasteiger charge is 2.19. The number of halogens is 1. The van der Waals surface area contributed by atoms with Crippen LogP contribution in [-0.4, -0.2) is 78.5 Å². The van der Waals surface area contributed by atoms with Gasteiger partial charge in [0.05, 0.1) is 62.4 Å². The number of methoxy groups -OCH3 is 3. The second-order valence-corrected chi connectivity index (χ2v) is 21.8. The molecular formula is C34H42ClN5O4S. The summed E-state index contributed by atoms with van der Waals surface area (Å²) in [5.74, 6) is 3.13. The summed E-state index contributed by atoms with van der Waals surface area (Å²) in [6.07, 6.45) is 14.9. The number of anilines is 1. The monoisotopic (exact) mass is 651 g/mol. The third kappa shape index (κ3) is 8.00. The van der Waals surface area contributed by atoms with E-state index in [4.69, 9.17) is 35.5 Å². The summed E-state index contributed by atoms with van der Waals surface area (Å²) in [4.78, 5) is 4.71. The topological polar surface area (TPSA) is 92.5 Å². The summed E-state index contributed by atoms with van der Waals surface area (Å²) >= 11 is 6.64. The molecule has 5 rings (SSSR count). The van der Waals surface area contributed by atoms with Crippen LogP contribution < -0.4 is 19.5 Å². The van der Waals surface area contributed by atoms with Gasteiger partial charge in [-0.15, -0.1) is 0 Å². The Morgan fingerprint density at radius 3 is 2.42 bits per heavy atom. The second kappa shape index (κ2) is 13.2. The third-order valence-corrected chi connectivity index (χ3v) is 9.75. The van der Waals surface area contributed by atoms with Gasteiger partial charge in [-0.3, -0.25) is 9.16 Å². The van der Waals surface area contributed by atoms with Gasteiger partial charge < -0.3 is 28.8 Å². The zero-order chi connectivity index (χ0) is 32.2. The van der Waals surface area contributed by atoms with Crippen molar-refractivity contribution < 1.29 is 18.9 Å². The molecule has 0 unspecified atom stereocenters. The summed E-state index contributed by atoms with van der Waals surface area (Å²) in [6, 6.07) is 15.7. The van der Waals surface area contributed by atoms with Crippen LogP contribution in [0, 0.1) is 0 Å². The molecule has 0 saturated carbocycles. The summed E-state index contributed by atoms with van der Waals surface area (Å²) in [6.45, 7) is 1.69. The Balaban J connectivity index is 1.42. The van der Waals surface area contributed by atoms with Crippen molar-refractivity contribution in [3.63, 3.8) is 0 Å². The highest BCUT2D eigenvalue weighted by molar-refractivity contribution is 8.47. The quantitative estimate of drug-likeness (QED) is 0.104. The van der Waals surface area contributed by atoms with Crippen LogP contribution in [0.3, 0.4) is 0 Å². The molecule has 1 N–H and O–H groups in total. The van der Waals surface area contributed by atoms with Gasteiger partial charge in [-0.1, -0.05) is 17.7 Å². The van der Waals surface area contributed by atoms with E-state index in [-0.39, 0.29) is 0 Å². The summed E-state index contributed by atoms with van der Waals surface area (Å²) in [7, 11) is 3.28. The predicted octanol–water partition coefficient (Wildman–Crippen LogP) is 7.02. The Hall–Kier alpha value is -3.99. The highest BCUT2D eigenvalue weighted by Crippen LogP contribution is 2.54. The van der Waals surface area contributed by atoms with E-state index >= 15 is 0 Å². The number of rotatable bonds is 13. The number of hydrogen-bond acceptors (Lipinski definition) is 8. The van der Waals surface area contributed by atoms with Crippen LogP contribution >= 0.6 is 20.8 Å². The van der Waals surface area contributed by atoms with Gasteiger partial charge in [-0.25, -0.2) is 4.98 Å². The fourth-order valence-electron chi connectivity index (χ4n) is 4.89. The van der Waals surface area contributed by atoms with Gasteiger partial charge >= 0.3 is 0 Å². The van der Waals surface area contributed by atoms with Crippen molar-refractivity contribution in [3.05, 3.63) is 77.8 Å². The predicted molar refractivity (Wildman–Crippen MR) is 188 cm³/mol. The molecule has 0 aliphatic heterocycles. The van der Waals surface area contributed by atoms with E-state index < -0.39 is 9.16 Å². The first-order valence-corrected chi connectivity index (χ1v) is 19.2. The number of thiol groups is 1. The molecule has 240 valence electrons. The number of hydrogen-bond donors (Lipinski definition) is 2. The first-order valence-electron chi connectivity index (χ1n) is 14.6. The molecule has 2 heterocycles. The number of nitrogens with one attached hydrogen (secondary N) is 1. The number of imidazole rings is 1. The van der Waals surface area contributed by atoms with Crippen LogP contribution in [0.5, 0.6) is 17.2 Å². The Morgan fingerprint density at radius 2 is 1.69 bits per heavy atom. The van der Waals surface area contributed by atoms with E-state index in [1.54, 1.807) is 33.9 Å². The fourth-order valence-corrected chi connectivity index (χ4v) is 5.99. The molecule has 0 bridgehead atoms. The Labute approximate surface area is 270 Å². The number of aromatic nitrogens is 4. The minimum atomic E-state index is -1.62. The van der Waals surface area contributed by atoms with Crippen LogP contribution in [0.2, 0.25) is 5.02 Å². The lowest BCUT2D eigenvalue weighted by molar-refractivity contribution is 0.0894. The lowest BCUT2D eigenvalue weighted by Gasteiger charge is -2.46. The number of nitrogens with zero attached hydrogens (tertiary/aromatic N) is 4. The van der Waals surface area contributed by atoms with E-state index in [0.717, 1.165) is 61.8 Å². The van der Waals surface area contributed by atoms with E-state index in [1.807, 2.05) is 53.2 Å². The van der Waals surface area contributed by atoms with Crippen LogP contribution in [-0.2, 0) is 18.0 Å². The normalized spacial score (nSPS) is 12.5. The number of benzene rings is 3. The summed E-state index contributed by atoms with van der Waals surface area (Å²) < 4.78 is 24.4. The molecule has 0 atom stereocenters. The van der Waals surface area contributed by atoms with Gasteiger partial charge in [0.1, 0.15) is 24.0 Å². The minimum absolute atomic E-state index is 0.434. The van der Waals surface area contributed by atoms with Gasteiger partial charge in [0.15, 0.2) is 0 Å². The zero-order valence-corrected chi connectivity index (χ0v) is 28.6. The first kappa shape index (κ1) is 32.4. The minimum Gasteiger partial charge on any atom is -0.497 e. The highest BCUT2D eigenvalue weighted by atomic mass is 35.5. The maximum Gasteiger partial charge on any atom is 0.138 e. The molecule has 0 aliphatic carbocycles. The molecule has 11 heteroatoms. The molecule has 0 radical (unpaired) electrons. The average molecular weight is 652 g/mol. The standard InChI is InChI=1S/C34H42ClN5O4S/c1-41-25-10-8-24(33(15-25)42-2)18-36-31-19-38-39-30-14-23(9-11-26(30)31)27-16-29(35)34(43-3)17-28(27)32-20-40(21-37-32)22-44-12-13-45(4,5,6)7/h8-11,14-17,19-21,45H,12-13,18,22H2,1-7H3,(H,36,39). The van der Waals surface area contributed by atoms with Gasteiger partial charge in [-0.05, 0) is 78.3 Å². The van der Waals surface area contributed by atoms with Crippen molar-refractivity contribution in [2.45, 2.75) is 13.3 Å². The Bertz CT molecular complexity index is 1810. The molecule has 0 fully saturated rings. The maximum atomic E-state index is 6.64. The lowest BCUT2D eigenvalue weighted by atomic mass is 9.96. The Morgan fingerprint density at radius 1 is 0.889 bits per heavy atom. The van der Waals surface area contributed by atoms with Crippen molar-refractivity contribution in [3.8, 4) is 39.6 Å². The molecule has 0 spiro atoms. The van der Waals surface area contributed by atoms with Gasteiger partial charge in [0.25, 0.3) is 0 Å². The summed E-state index contributed by atoms with van der Waals surface area (Å²) in [5.41, 5.74) is 6.11. The third-order valence-electron chi connectivity index (χ3n) is 7.49. The molecule has 2 aromatic heterocycles. The number of fused-ring (bicyclic) bond motifs is 1. The van der Waals surface area contributed by atoms with Gasteiger partial charge in [0, 0.05) is 35.3 Å². The second-order valence-electron chi connectivity index (χ2n) is 13.0. The Kier molecular flexibility index (Phi) is 9.48. The van der Waals surface area contributed by atoms with E-state index in [0.29, 0.717) is 30.7 Å². The molecule has 3 aromatic carbocycles. The van der Waals surface area contributed by atoms with Crippen molar-refractivity contribution in [1.29, 1.82) is 0 Å². The van der Waals surface area contributed by atoms with Crippen molar-refractivity contribution in [2.75, 3.05) is 64.0 Å². The molecule has 5 aromatic rings. The molecule has 45 heavy (non-hydrogen) atoms. The van der Waals surface area contributed by atoms with Crippen LogP contribution in [0.1, 0.15) is 5.56 Å². The van der Waals surface area contributed by atoms with E-state index in [1.165, 1.54) is 0 Å². The van der Waals surface area contributed by atoms with Crippen molar-refractivity contribution in [1.82, 2.24) is 19.7 Å². The van der Waals surface area contributed by atoms with E-state index in [2.05, 4.69) is 46.6 Å². The van der Waals surface area contributed by atoms with Crippen molar-refractivity contribution in [2.24, 2.45) is 0 Å². The van der Waals surface area contributed by atoms with E-state index in [9.17, 15) is 0 Å². The van der Waals surface area contributed by atoms with Crippen molar-refractivity contribution >= 4 is 37.4 Å². The molecule has 0 saturated heterocycles. The summed E-state index contributed by atoms with van der Waals surface area (Å²) in [5, 5.41) is 13.7. The van der Waals surface area contributed by atoms with Crippen LogP contribution in [0.4, 0.5) is 5.69 Å². The molecule has 9 nitrogen and oxygen atoms in total. The van der Waals surface area contributed by atoms with Gasteiger partial charge in [-0.2, -0.15) is 10.2 Å². The average Bonchev–Trinajstić information content (AvgIpc) is 3.49. The number of ether oxygens (including phenoxy) is 4. The molecule has 0 amide bonds. The van der Waals surface area contributed by atoms with Crippen LogP contribution in [0.15, 0.2) is 67.3 Å². The lowest BCUT2D eigenvalue weighted by Crippen LogP contribution is -2.19. The molecule has 0 aliphatic rings.